The van der Waals surface area contributed by atoms with Gasteiger partial charge in [-0.3, -0.25) is 4.79 Å². The summed E-state index contributed by atoms with van der Waals surface area (Å²) < 4.78 is 5.77. The second kappa shape index (κ2) is 6.58. The molecule has 5 heteroatoms. The minimum Gasteiger partial charge on any atom is -0.481 e. The van der Waals surface area contributed by atoms with Crippen molar-refractivity contribution >= 4 is 34.5 Å². The van der Waals surface area contributed by atoms with E-state index in [0.717, 1.165) is 9.13 Å². The number of carboxylic acids is 1. The molecule has 92 valence electrons. The topological polar surface area (TPSA) is 63.6 Å². The van der Waals surface area contributed by atoms with Gasteiger partial charge in [0.2, 0.25) is 0 Å². The predicted octanol–water partition coefficient (Wildman–Crippen LogP) is 2.49. The van der Waals surface area contributed by atoms with Gasteiger partial charge in [0.15, 0.2) is 0 Å². The van der Waals surface area contributed by atoms with Crippen LogP contribution in [0.15, 0.2) is 18.2 Å². The van der Waals surface area contributed by atoms with E-state index in [1.165, 1.54) is 0 Å². The molecular formula is C12H13IO4. The molecule has 1 N–H and O–H groups in total. The van der Waals surface area contributed by atoms with Crippen LogP contribution in [-0.2, 0) is 16.0 Å². The lowest BCUT2D eigenvalue weighted by molar-refractivity contribution is -0.136. The number of rotatable bonds is 5. The minimum absolute atomic E-state index is 0.0920. The Morgan fingerprint density at radius 1 is 1.41 bits per heavy atom. The summed E-state index contributed by atoms with van der Waals surface area (Å²) in [5.41, 5.74) is 1.43. The molecule has 0 radical (unpaired) electrons. The van der Waals surface area contributed by atoms with Crippen LogP contribution in [0.2, 0.25) is 0 Å². The lowest BCUT2D eigenvalue weighted by atomic mass is 10.1. The zero-order valence-electron chi connectivity index (χ0n) is 9.40. The van der Waals surface area contributed by atoms with E-state index >= 15 is 0 Å². The number of carbonyl (C=O) groups is 2. The highest BCUT2D eigenvalue weighted by atomic mass is 127. The highest BCUT2D eigenvalue weighted by Gasteiger charge is 2.09. The number of ether oxygens (including phenoxy) is 1. The first-order valence-corrected chi connectivity index (χ1v) is 6.29. The van der Waals surface area contributed by atoms with Crippen molar-refractivity contribution in [3.63, 3.8) is 0 Å². The molecule has 0 aliphatic carbocycles. The van der Waals surface area contributed by atoms with E-state index in [2.05, 4.69) is 22.6 Å². The highest BCUT2D eigenvalue weighted by Crippen LogP contribution is 2.17. The number of benzene rings is 1. The quantitative estimate of drug-likeness (QED) is 0.656. The van der Waals surface area contributed by atoms with Crippen molar-refractivity contribution in [3.8, 4) is 0 Å². The molecule has 0 spiro atoms. The number of carboxylic acid groups (broad SMARTS) is 1. The smallest absolute Gasteiger partial charge is 0.338 e. The Bertz CT molecular complexity index is 429. The van der Waals surface area contributed by atoms with Gasteiger partial charge in [0, 0.05) is 9.99 Å². The number of carbonyl (C=O) groups excluding carboxylic acids is 1. The summed E-state index contributed by atoms with van der Waals surface area (Å²) in [5, 5.41) is 8.60. The van der Waals surface area contributed by atoms with Crippen LogP contribution in [0.25, 0.3) is 0 Å². The minimum atomic E-state index is -0.824. The highest BCUT2D eigenvalue weighted by molar-refractivity contribution is 14.1. The van der Waals surface area contributed by atoms with E-state index in [4.69, 9.17) is 9.84 Å². The first-order chi connectivity index (χ1) is 8.04. The molecule has 1 rings (SSSR count). The van der Waals surface area contributed by atoms with Crippen LogP contribution in [0.4, 0.5) is 0 Å². The second-order valence-electron chi connectivity index (χ2n) is 3.42. The fourth-order valence-electron chi connectivity index (χ4n) is 1.33. The molecular weight excluding hydrogens is 335 g/mol. The lowest BCUT2D eigenvalue weighted by Gasteiger charge is -2.06. The third-order valence-electron chi connectivity index (χ3n) is 2.17. The van der Waals surface area contributed by atoms with E-state index in [1.54, 1.807) is 25.1 Å². The fraction of sp³-hybridized carbons (Fsp3) is 0.333. The van der Waals surface area contributed by atoms with Crippen LogP contribution in [0.1, 0.15) is 29.3 Å². The molecule has 0 aliphatic rings. The normalized spacial score (nSPS) is 10.0. The number of aryl methyl sites for hydroxylation is 1. The number of aliphatic carboxylic acids is 1. The van der Waals surface area contributed by atoms with E-state index in [0.29, 0.717) is 18.6 Å². The zero-order chi connectivity index (χ0) is 12.8. The molecule has 0 fully saturated rings. The summed E-state index contributed by atoms with van der Waals surface area (Å²) in [6.45, 7) is 2.10. The Morgan fingerprint density at radius 2 is 2.12 bits per heavy atom. The van der Waals surface area contributed by atoms with Gasteiger partial charge in [0.05, 0.1) is 12.2 Å². The molecule has 0 heterocycles. The Balaban J connectivity index is 2.78. The summed E-state index contributed by atoms with van der Waals surface area (Å²) in [7, 11) is 0. The second-order valence-corrected chi connectivity index (χ2v) is 4.58. The van der Waals surface area contributed by atoms with E-state index < -0.39 is 5.97 Å². The Morgan fingerprint density at radius 3 is 2.65 bits per heavy atom. The van der Waals surface area contributed by atoms with Gasteiger partial charge in [-0.05, 0) is 53.6 Å². The standard InChI is InChI=1S/C12H13IO4/c1-2-17-12(16)9-4-3-8(10(13)7-9)5-6-11(14)15/h3-4,7H,2,5-6H2,1H3,(H,14,15). The van der Waals surface area contributed by atoms with Crippen molar-refractivity contribution in [2.75, 3.05) is 6.61 Å². The first-order valence-electron chi connectivity index (χ1n) is 5.22. The van der Waals surface area contributed by atoms with Gasteiger partial charge in [-0.1, -0.05) is 6.07 Å². The molecule has 0 amide bonds. The molecule has 0 bridgehead atoms. The molecule has 0 unspecified atom stereocenters. The van der Waals surface area contributed by atoms with Gasteiger partial charge in [0.1, 0.15) is 0 Å². The third kappa shape index (κ3) is 4.33. The Labute approximate surface area is 113 Å². The van der Waals surface area contributed by atoms with Crippen molar-refractivity contribution in [1.29, 1.82) is 0 Å². The van der Waals surface area contributed by atoms with Crippen LogP contribution in [0.5, 0.6) is 0 Å². The molecule has 0 saturated heterocycles. The monoisotopic (exact) mass is 348 g/mol. The Hall–Kier alpha value is -1.11. The summed E-state index contributed by atoms with van der Waals surface area (Å²) in [5.74, 6) is -1.18. The maximum absolute atomic E-state index is 11.5. The summed E-state index contributed by atoms with van der Waals surface area (Å²) in [6.07, 6.45) is 0.561. The number of halogens is 1. The fourth-order valence-corrected chi connectivity index (χ4v) is 2.12. The molecule has 0 aliphatic heterocycles. The van der Waals surface area contributed by atoms with Gasteiger partial charge in [-0.15, -0.1) is 0 Å². The molecule has 0 atom stereocenters. The Kier molecular flexibility index (Phi) is 5.40. The van der Waals surface area contributed by atoms with Crippen molar-refractivity contribution in [2.45, 2.75) is 19.8 Å². The predicted molar refractivity (Wildman–Crippen MR) is 71.1 cm³/mol. The maximum Gasteiger partial charge on any atom is 0.338 e. The summed E-state index contributed by atoms with van der Waals surface area (Å²) >= 11 is 2.09. The van der Waals surface area contributed by atoms with E-state index in [1.807, 2.05) is 0 Å². The average molecular weight is 348 g/mol. The van der Waals surface area contributed by atoms with Crippen molar-refractivity contribution < 1.29 is 19.4 Å². The zero-order valence-corrected chi connectivity index (χ0v) is 11.6. The SMILES string of the molecule is CCOC(=O)c1ccc(CCC(=O)O)c(I)c1. The van der Waals surface area contributed by atoms with Crippen molar-refractivity contribution in [1.82, 2.24) is 0 Å². The van der Waals surface area contributed by atoms with Crippen LogP contribution < -0.4 is 0 Å². The third-order valence-corrected chi connectivity index (χ3v) is 3.18. The van der Waals surface area contributed by atoms with E-state index in [-0.39, 0.29) is 12.4 Å². The average Bonchev–Trinajstić information content (AvgIpc) is 2.27. The summed E-state index contributed by atoms with van der Waals surface area (Å²) in [6, 6.07) is 5.16. The van der Waals surface area contributed by atoms with Gasteiger partial charge in [-0.25, -0.2) is 4.79 Å². The van der Waals surface area contributed by atoms with Gasteiger partial charge in [0.25, 0.3) is 0 Å². The summed E-state index contributed by atoms with van der Waals surface area (Å²) in [4.78, 5) is 21.9. The molecule has 0 aromatic heterocycles. The van der Waals surface area contributed by atoms with Gasteiger partial charge < -0.3 is 9.84 Å². The first kappa shape index (κ1) is 14.0. The van der Waals surface area contributed by atoms with Crippen LogP contribution in [0.3, 0.4) is 0 Å². The maximum atomic E-state index is 11.5. The molecule has 0 saturated carbocycles. The van der Waals surface area contributed by atoms with Crippen molar-refractivity contribution in [3.05, 3.63) is 32.9 Å². The number of hydrogen-bond donors (Lipinski definition) is 1. The van der Waals surface area contributed by atoms with Gasteiger partial charge >= 0.3 is 11.9 Å². The molecule has 4 nitrogen and oxygen atoms in total. The van der Waals surface area contributed by atoms with E-state index in [9.17, 15) is 9.59 Å². The lowest BCUT2D eigenvalue weighted by Crippen LogP contribution is -2.06. The number of hydrogen-bond acceptors (Lipinski definition) is 3. The molecule has 1 aromatic carbocycles. The molecule has 17 heavy (non-hydrogen) atoms. The van der Waals surface area contributed by atoms with Gasteiger partial charge in [-0.2, -0.15) is 0 Å². The van der Waals surface area contributed by atoms with Crippen LogP contribution in [-0.4, -0.2) is 23.7 Å². The van der Waals surface area contributed by atoms with Crippen LogP contribution in [0, 0.1) is 3.57 Å². The largest absolute Gasteiger partial charge is 0.481 e. The molecule has 1 aromatic rings. The van der Waals surface area contributed by atoms with Crippen molar-refractivity contribution in [2.24, 2.45) is 0 Å². The number of esters is 1. The van der Waals surface area contributed by atoms with Crippen LogP contribution >= 0.6 is 22.6 Å².